The molecule has 1 aromatic heterocycles. The maximum Gasteiger partial charge on any atom is 1.00 e. The Morgan fingerprint density at radius 2 is 1.62 bits per heavy atom. The van der Waals surface area contributed by atoms with E-state index in [0.717, 1.165) is 58.4 Å². The van der Waals surface area contributed by atoms with Crippen LogP contribution in [0.2, 0.25) is 0 Å². The van der Waals surface area contributed by atoms with Crippen LogP contribution < -0.4 is 68.8 Å². The van der Waals surface area contributed by atoms with Crippen molar-refractivity contribution in [2.24, 2.45) is 5.92 Å². The molecule has 0 fully saturated rings. The number of hydrogen-bond acceptors (Lipinski definition) is 6. The SMILES string of the molecule is CCN(CC)c1ccc2nc(-c3ccc4cc(OCCCCCC(C(=O)O)C(=O)O)ccc4c3)oc2c1.[H-].[H-].[Na+].[Na+]. The zero-order valence-corrected chi connectivity index (χ0v) is 27.1. The summed E-state index contributed by atoms with van der Waals surface area (Å²) in [7, 11) is 0. The molecule has 198 valence electrons. The monoisotopic (exact) mass is 552 g/mol. The van der Waals surface area contributed by atoms with Gasteiger partial charge in [-0.05, 0) is 73.9 Å². The predicted molar refractivity (Wildman–Crippen MR) is 145 cm³/mol. The molecule has 10 heteroatoms. The normalized spacial score (nSPS) is 10.7. The third-order valence-electron chi connectivity index (χ3n) is 6.56. The van der Waals surface area contributed by atoms with Crippen molar-refractivity contribution in [1.82, 2.24) is 4.98 Å². The molecule has 0 atom stereocenters. The molecule has 0 radical (unpaired) electrons. The third kappa shape index (κ3) is 8.46. The summed E-state index contributed by atoms with van der Waals surface area (Å²) >= 11 is 0. The van der Waals surface area contributed by atoms with Crippen LogP contribution in [-0.2, 0) is 9.59 Å². The first-order chi connectivity index (χ1) is 17.9. The van der Waals surface area contributed by atoms with Crippen LogP contribution in [0.15, 0.2) is 59.0 Å². The van der Waals surface area contributed by atoms with E-state index in [2.05, 4.69) is 35.9 Å². The van der Waals surface area contributed by atoms with Gasteiger partial charge in [0.15, 0.2) is 11.5 Å². The van der Waals surface area contributed by atoms with Crippen molar-refractivity contribution in [3.63, 3.8) is 0 Å². The molecule has 0 unspecified atom stereocenters. The average Bonchev–Trinajstić information content (AvgIpc) is 3.32. The summed E-state index contributed by atoms with van der Waals surface area (Å²) < 4.78 is 12.0. The topological polar surface area (TPSA) is 113 Å². The molecule has 0 aliphatic carbocycles. The van der Waals surface area contributed by atoms with Crippen molar-refractivity contribution < 1.29 is 90.9 Å². The molecule has 1 heterocycles. The summed E-state index contributed by atoms with van der Waals surface area (Å²) in [5.41, 5.74) is 3.62. The van der Waals surface area contributed by atoms with Gasteiger partial charge in [0, 0.05) is 30.4 Å². The van der Waals surface area contributed by atoms with E-state index in [4.69, 9.17) is 19.4 Å². The number of unbranched alkanes of at least 4 members (excludes halogenated alkanes) is 2. The van der Waals surface area contributed by atoms with E-state index < -0.39 is 17.9 Å². The summed E-state index contributed by atoms with van der Waals surface area (Å²) in [6.45, 7) is 6.60. The summed E-state index contributed by atoms with van der Waals surface area (Å²) in [5, 5.41) is 19.9. The van der Waals surface area contributed by atoms with Gasteiger partial charge in [-0.15, -0.1) is 0 Å². The van der Waals surface area contributed by atoms with Crippen LogP contribution in [0.3, 0.4) is 0 Å². The van der Waals surface area contributed by atoms with Gasteiger partial charge in [0.05, 0.1) is 6.61 Å². The van der Waals surface area contributed by atoms with Gasteiger partial charge in [0.2, 0.25) is 5.89 Å². The largest absolute Gasteiger partial charge is 1.00 e. The van der Waals surface area contributed by atoms with Crippen LogP contribution in [-0.4, -0.2) is 46.8 Å². The molecule has 8 nitrogen and oxygen atoms in total. The number of anilines is 1. The molecule has 0 bridgehead atoms. The number of rotatable bonds is 13. The van der Waals surface area contributed by atoms with Crippen molar-refractivity contribution >= 4 is 39.5 Å². The number of ether oxygens (including phenoxy) is 1. The van der Waals surface area contributed by atoms with Crippen LogP contribution in [0.25, 0.3) is 33.3 Å². The molecule has 0 aliphatic heterocycles. The number of oxazole rings is 1. The second-order valence-electron chi connectivity index (χ2n) is 8.99. The quantitative estimate of drug-likeness (QED) is 0.140. The Labute approximate surface area is 275 Å². The van der Waals surface area contributed by atoms with E-state index >= 15 is 0 Å². The molecule has 39 heavy (non-hydrogen) atoms. The fourth-order valence-electron chi connectivity index (χ4n) is 4.44. The molecule has 0 amide bonds. The van der Waals surface area contributed by atoms with Crippen LogP contribution in [0.1, 0.15) is 42.4 Å². The number of carboxylic acid groups (broad SMARTS) is 2. The van der Waals surface area contributed by atoms with Crippen LogP contribution in [0.4, 0.5) is 5.69 Å². The van der Waals surface area contributed by atoms with E-state index in [-0.39, 0.29) is 68.4 Å². The number of aromatic nitrogens is 1. The Hall–Kier alpha value is -2.07. The zero-order chi connectivity index (χ0) is 26.4. The molecule has 0 aliphatic rings. The van der Waals surface area contributed by atoms with Crippen molar-refractivity contribution in [3.05, 3.63) is 54.6 Å². The molecule has 4 aromatic rings. The Balaban J connectivity index is 0.00000400. The van der Waals surface area contributed by atoms with E-state index in [1.165, 1.54) is 0 Å². The molecule has 0 saturated heterocycles. The van der Waals surface area contributed by atoms with E-state index in [1.54, 1.807) is 0 Å². The average molecular weight is 553 g/mol. The second kappa shape index (κ2) is 15.6. The van der Waals surface area contributed by atoms with Gasteiger partial charge in [-0.2, -0.15) is 0 Å². The minimum atomic E-state index is -1.34. The van der Waals surface area contributed by atoms with Gasteiger partial charge in [-0.25, -0.2) is 4.98 Å². The number of carboxylic acids is 2. The number of carbonyl (C=O) groups is 2. The predicted octanol–water partition coefficient (Wildman–Crippen LogP) is 0.452. The first-order valence-electron chi connectivity index (χ1n) is 12.7. The van der Waals surface area contributed by atoms with Gasteiger partial charge in [-0.1, -0.05) is 25.0 Å². The number of nitrogens with zero attached hydrogens (tertiary/aromatic N) is 2. The molecule has 2 N–H and O–H groups in total. The Kier molecular flexibility index (Phi) is 13.3. The van der Waals surface area contributed by atoms with Gasteiger partial charge in [0.1, 0.15) is 11.3 Å². The Bertz CT molecular complexity index is 1400. The number of hydrogen-bond donors (Lipinski definition) is 2. The van der Waals surface area contributed by atoms with Gasteiger partial charge in [0.25, 0.3) is 0 Å². The maximum atomic E-state index is 10.9. The van der Waals surface area contributed by atoms with Crippen molar-refractivity contribution in [2.75, 3.05) is 24.6 Å². The molecule has 0 saturated carbocycles. The van der Waals surface area contributed by atoms with Crippen molar-refractivity contribution in [3.8, 4) is 17.2 Å². The first-order valence-corrected chi connectivity index (χ1v) is 12.7. The smallest absolute Gasteiger partial charge is 1.00 e. The van der Waals surface area contributed by atoms with Gasteiger partial charge < -0.3 is 27.1 Å². The van der Waals surface area contributed by atoms with Crippen LogP contribution >= 0.6 is 0 Å². The summed E-state index contributed by atoms with van der Waals surface area (Å²) in [4.78, 5) is 28.8. The summed E-state index contributed by atoms with van der Waals surface area (Å²) in [5.74, 6) is -2.58. The fourth-order valence-corrected chi connectivity index (χ4v) is 4.44. The molecular weight excluding hydrogens is 518 g/mol. The second-order valence-corrected chi connectivity index (χ2v) is 8.99. The summed E-state index contributed by atoms with van der Waals surface area (Å²) in [6, 6.07) is 18.1. The number of benzene rings is 3. The number of fused-ring (bicyclic) bond motifs is 2. The maximum absolute atomic E-state index is 10.9. The van der Waals surface area contributed by atoms with Crippen molar-refractivity contribution in [2.45, 2.75) is 39.5 Å². The molecular formula is C29H34N2Na2O6. The van der Waals surface area contributed by atoms with Gasteiger partial charge >= 0.3 is 71.1 Å². The minimum absolute atomic E-state index is 0. The van der Waals surface area contributed by atoms with E-state index in [0.29, 0.717) is 25.3 Å². The standard InChI is InChI=1S/C29H32N2O6.2Na.2H/c1-3-31(4-2)22-12-14-25-26(18-22)37-27(30-25)21-10-9-20-17-23(13-11-19(20)16-21)36-15-7-5-6-8-24(28(32)33)29(34)35;;;;/h9-14,16-18,24H,3-8,15H2,1-2H3,(H,32,33)(H,34,35);;;;/q;2*+1;2*-1. The first kappa shape index (κ1) is 33.1. The van der Waals surface area contributed by atoms with E-state index in [9.17, 15) is 9.59 Å². The minimum Gasteiger partial charge on any atom is -1.00 e. The summed E-state index contributed by atoms with van der Waals surface area (Å²) in [6.07, 6.45) is 2.07. The third-order valence-corrected chi connectivity index (χ3v) is 6.56. The fraction of sp³-hybridized carbons (Fsp3) is 0.345. The van der Waals surface area contributed by atoms with Crippen LogP contribution in [0.5, 0.6) is 5.75 Å². The Morgan fingerprint density at radius 3 is 2.31 bits per heavy atom. The van der Waals surface area contributed by atoms with E-state index in [1.807, 2.05) is 42.5 Å². The Morgan fingerprint density at radius 1 is 0.923 bits per heavy atom. The van der Waals surface area contributed by atoms with Crippen LogP contribution in [0, 0.1) is 5.92 Å². The zero-order valence-electron chi connectivity index (χ0n) is 25.1. The van der Waals surface area contributed by atoms with Crippen molar-refractivity contribution in [1.29, 1.82) is 0 Å². The number of aliphatic carboxylic acids is 2. The molecule has 3 aromatic carbocycles. The van der Waals surface area contributed by atoms with Gasteiger partial charge in [-0.3, -0.25) is 9.59 Å². The molecule has 4 rings (SSSR count). The molecule has 0 spiro atoms.